The lowest BCUT2D eigenvalue weighted by Crippen LogP contribution is -2.21. The number of methoxy groups -OCH3 is 1. The molecule has 0 aromatic carbocycles. The van der Waals surface area contributed by atoms with Crippen LogP contribution >= 0.6 is 0 Å². The van der Waals surface area contributed by atoms with Crippen LogP contribution in [0.25, 0.3) is 0 Å². The zero-order valence-electron chi connectivity index (χ0n) is 9.82. The van der Waals surface area contributed by atoms with Crippen LogP contribution in [0.5, 0.6) is 0 Å². The quantitative estimate of drug-likeness (QED) is 0.716. The Labute approximate surface area is 95.8 Å². The SMILES string of the molecule is CCc1ccc2c(n1)C(C(=O)OC)CCC2. The van der Waals surface area contributed by atoms with Crippen molar-refractivity contribution in [3.63, 3.8) is 0 Å². The first-order valence-corrected chi connectivity index (χ1v) is 5.82. The Hall–Kier alpha value is -1.38. The van der Waals surface area contributed by atoms with Crippen LogP contribution in [0.1, 0.15) is 42.6 Å². The van der Waals surface area contributed by atoms with Gasteiger partial charge in [-0.1, -0.05) is 13.0 Å². The van der Waals surface area contributed by atoms with E-state index < -0.39 is 0 Å². The molecule has 16 heavy (non-hydrogen) atoms. The van der Waals surface area contributed by atoms with Crippen molar-refractivity contribution >= 4 is 5.97 Å². The number of fused-ring (bicyclic) bond motifs is 1. The maximum atomic E-state index is 11.7. The Morgan fingerprint density at radius 2 is 2.38 bits per heavy atom. The fourth-order valence-corrected chi connectivity index (χ4v) is 2.26. The highest BCUT2D eigenvalue weighted by molar-refractivity contribution is 5.78. The molecule has 1 aliphatic rings. The van der Waals surface area contributed by atoms with E-state index in [2.05, 4.69) is 24.0 Å². The number of nitrogens with zero attached hydrogens (tertiary/aromatic N) is 1. The molecule has 2 rings (SSSR count). The Kier molecular flexibility index (Phi) is 3.22. The molecule has 1 unspecified atom stereocenters. The van der Waals surface area contributed by atoms with Gasteiger partial charge in [0.15, 0.2) is 0 Å². The molecule has 0 N–H and O–H groups in total. The van der Waals surface area contributed by atoms with Gasteiger partial charge in [0, 0.05) is 5.69 Å². The zero-order chi connectivity index (χ0) is 11.5. The van der Waals surface area contributed by atoms with E-state index in [1.807, 2.05) is 0 Å². The van der Waals surface area contributed by atoms with E-state index in [4.69, 9.17) is 4.74 Å². The lowest BCUT2D eigenvalue weighted by atomic mass is 9.86. The monoisotopic (exact) mass is 219 g/mol. The lowest BCUT2D eigenvalue weighted by Gasteiger charge is -2.22. The highest BCUT2D eigenvalue weighted by Crippen LogP contribution is 2.31. The van der Waals surface area contributed by atoms with Crippen molar-refractivity contribution in [1.82, 2.24) is 4.98 Å². The molecule has 0 aliphatic heterocycles. The number of hydrogen-bond donors (Lipinski definition) is 0. The molecule has 1 heterocycles. The summed E-state index contributed by atoms with van der Waals surface area (Å²) in [7, 11) is 1.44. The Bertz CT molecular complexity index is 401. The lowest BCUT2D eigenvalue weighted by molar-refractivity contribution is -0.142. The molecule has 1 aromatic heterocycles. The molecule has 0 spiro atoms. The maximum Gasteiger partial charge on any atom is 0.314 e. The van der Waals surface area contributed by atoms with Crippen LogP contribution in [0.15, 0.2) is 12.1 Å². The fraction of sp³-hybridized carbons (Fsp3) is 0.538. The summed E-state index contributed by atoms with van der Waals surface area (Å²) in [5.74, 6) is -0.304. The van der Waals surface area contributed by atoms with Crippen molar-refractivity contribution in [1.29, 1.82) is 0 Å². The second-order valence-corrected chi connectivity index (χ2v) is 4.17. The van der Waals surface area contributed by atoms with E-state index in [1.54, 1.807) is 0 Å². The van der Waals surface area contributed by atoms with Gasteiger partial charge in [-0.2, -0.15) is 0 Å². The van der Waals surface area contributed by atoms with Crippen molar-refractivity contribution in [2.75, 3.05) is 7.11 Å². The van der Waals surface area contributed by atoms with E-state index in [1.165, 1.54) is 12.7 Å². The van der Waals surface area contributed by atoms with Crippen molar-refractivity contribution < 1.29 is 9.53 Å². The Morgan fingerprint density at radius 1 is 1.56 bits per heavy atom. The molecular weight excluding hydrogens is 202 g/mol. The Balaban J connectivity index is 2.39. The van der Waals surface area contributed by atoms with Crippen molar-refractivity contribution in [2.45, 2.75) is 38.5 Å². The van der Waals surface area contributed by atoms with Gasteiger partial charge in [0.2, 0.25) is 0 Å². The van der Waals surface area contributed by atoms with Gasteiger partial charge >= 0.3 is 5.97 Å². The van der Waals surface area contributed by atoms with Crippen LogP contribution in [-0.4, -0.2) is 18.1 Å². The summed E-state index contributed by atoms with van der Waals surface area (Å²) < 4.78 is 4.84. The van der Waals surface area contributed by atoms with Crippen LogP contribution in [0.2, 0.25) is 0 Å². The summed E-state index contributed by atoms with van der Waals surface area (Å²) in [6.07, 6.45) is 3.83. The first kappa shape index (κ1) is 11.1. The molecular formula is C13H17NO2. The van der Waals surface area contributed by atoms with Gasteiger partial charge in [0.25, 0.3) is 0 Å². The van der Waals surface area contributed by atoms with E-state index in [9.17, 15) is 4.79 Å². The largest absolute Gasteiger partial charge is 0.469 e. The average Bonchev–Trinajstić information content (AvgIpc) is 2.36. The van der Waals surface area contributed by atoms with Crippen LogP contribution in [0.4, 0.5) is 0 Å². The molecule has 3 heteroatoms. The number of ether oxygens (including phenoxy) is 1. The summed E-state index contributed by atoms with van der Waals surface area (Å²) >= 11 is 0. The number of rotatable bonds is 2. The van der Waals surface area contributed by atoms with E-state index in [-0.39, 0.29) is 11.9 Å². The first-order chi connectivity index (χ1) is 7.76. The minimum Gasteiger partial charge on any atom is -0.469 e. The smallest absolute Gasteiger partial charge is 0.314 e. The van der Waals surface area contributed by atoms with Crippen LogP contribution < -0.4 is 0 Å². The molecule has 0 amide bonds. The molecule has 1 atom stereocenters. The van der Waals surface area contributed by atoms with Gasteiger partial charge in [0.1, 0.15) is 0 Å². The summed E-state index contributed by atoms with van der Waals surface area (Å²) in [5.41, 5.74) is 3.20. The van der Waals surface area contributed by atoms with Gasteiger partial charge in [-0.3, -0.25) is 9.78 Å². The van der Waals surface area contributed by atoms with E-state index in [0.717, 1.165) is 37.1 Å². The second-order valence-electron chi connectivity index (χ2n) is 4.17. The minimum absolute atomic E-state index is 0.151. The van der Waals surface area contributed by atoms with Crippen LogP contribution in [0, 0.1) is 0 Å². The number of aromatic nitrogens is 1. The van der Waals surface area contributed by atoms with Crippen LogP contribution in [-0.2, 0) is 22.4 Å². The molecule has 1 aliphatic carbocycles. The zero-order valence-corrected chi connectivity index (χ0v) is 9.82. The normalized spacial score (nSPS) is 19.0. The number of carbonyl (C=O) groups is 1. The summed E-state index contributed by atoms with van der Waals surface area (Å²) in [6.45, 7) is 2.07. The highest BCUT2D eigenvalue weighted by Gasteiger charge is 2.28. The predicted octanol–water partition coefficient (Wildman–Crippen LogP) is 2.24. The number of aryl methyl sites for hydroxylation is 2. The van der Waals surface area contributed by atoms with Crippen molar-refractivity contribution in [2.24, 2.45) is 0 Å². The maximum absolute atomic E-state index is 11.7. The predicted molar refractivity (Wildman–Crippen MR) is 61.3 cm³/mol. The average molecular weight is 219 g/mol. The van der Waals surface area contributed by atoms with Gasteiger partial charge in [-0.25, -0.2) is 0 Å². The van der Waals surface area contributed by atoms with Gasteiger partial charge in [-0.15, -0.1) is 0 Å². The standard InChI is InChI=1S/C13H17NO2/c1-3-10-8-7-9-5-4-6-11(12(9)14-10)13(15)16-2/h7-8,11H,3-6H2,1-2H3. The van der Waals surface area contributed by atoms with Crippen LogP contribution in [0.3, 0.4) is 0 Å². The van der Waals surface area contributed by atoms with Crippen molar-refractivity contribution in [3.05, 3.63) is 29.1 Å². The van der Waals surface area contributed by atoms with E-state index >= 15 is 0 Å². The summed E-state index contributed by atoms with van der Waals surface area (Å²) in [5, 5.41) is 0. The number of pyridine rings is 1. The fourth-order valence-electron chi connectivity index (χ4n) is 2.26. The summed E-state index contributed by atoms with van der Waals surface area (Å²) in [6, 6.07) is 4.16. The number of carbonyl (C=O) groups excluding carboxylic acids is 1. The van der Waals surface area contributed by atoms with Crippen molar-refractivity contribution in [3.8, 4) is 0 Å². The number of hydrogen-bond acceptors (Lipinski definition) is 3. The molecule has 0 saturated heterocycles. The molecule has 0 saturated carbocycles. The molecule has 3 nitrogen and oxygen atoms in total. The Morgan fingerprint density at radius 3 is 3.06 bits per heavy atom. The molecule has 0 radical (unpaired) electrons. The van der Waals surface area contributed by atoms with Gasteiger partial charge < -0.3 is 4.74 Å². The van der Waals surface area contributed by atoms with Gasteiger partial charge in [0.05, 0.1) is 18.7 Å². The molecule has 1 aromatic rings. The molecule has 86 valence electrons. The number of esters is 1. The second kappa shape index (κ2) is 4.64. The third-order valence-electron chi connectivity index (χ3n) is 3.19. The molecule has 0 bridgehead atoms. The first-order valence-electron chi connectivity index (χ1n) is 5.82. The third-order valence-corrected chi connectivity index (χ3v) is 3.19. The highest BCUT2D eigenvalue weighted by atomic mass is 16.5. The molecule has 0 fully saturated rings. The summed E-state index contributed by atoms with van der Waals surface area (Å²) in [4.78, 5) is 16.2. The third kappa shape index (κ3) is 1.94. The minimum atomic E-state index is -0.153. The van der Waals surface area contributed by atoms with E-state index in [0.29, 0.717) is 0 Å². The topological polar surface area (TPSA) is 39.2 Å². The van der Waals surface area contributed by atoms with Gasteiger partial charge in [-0.05, 0) is 37.3 Å².